The minimum atomic E-state index is -3.96. The molecule has 1 aromatic heterocycles. The molecular weight excluding hydrogens is 421 g/mol. The fraction of sp³-hybridized carbons (Fsp3) is 0.286. The molecule has 0 spiro atoms. The van der Waals surface area contributed by atoms with Gasteiger partial charge in [0, 0.05) is 24.2 Å². The zero-order valence-corrected chi connectivity index (χ0v) is 17.7. The molecule has 2 aromatic carbocycles. The number of carbonyl (C=O) groups is 1. The number of anilines is 1. The molecular formula is C21H22FN5O3S. The Hall–Kier alpha value is -3.27. The summed E-state index contributed by atoms with van der Waals surface area (Å²) < 4.78 is 43.2. The lowest BCUT2D eigenvalue weighted by Crippen LogP contribution is -2.26. The van der Waals surface area contributed by atoms with Gasteiger partial charge in [0.05, 0.1) is 11.4 Å². The smallest absolute Gasteiger partial charge is 0.262 e. The molecule has 8 nitrogen and oxygen atoms in total. The number of halogens is 1. The van der Waals surface area contributed by atoms with Gasteiger partial charge in [-0.1, -0.05) is 6.07 Å². The molecule has 0 fully saturated rings. The molecule has 31 heavy (non-hydrogen) atoms. The zero-order valence-electron chi connectivity index (χ0n) is 16.9. The highest BCUT2D eigenvalue weighted by Gasteiger charge is 2.20. The van der Waals surface area contributed by atoms with Crippen LogP contribution in [0.5, 0.6) is 0 Å². The number of nitrogens with one attached hydrogen (secondary N) is 2. The molecule has 2 N–H and O–H groups in total. The second-order valence-corrected chi connectivity index (χ2v) is 9.07. The number of aryl methyl sites for hydroxylation is 2. The second kappa shape index (κ2) is 8.46. The predicted octanol–water partition coefficient (Wildman–Crippen LogP) is 2.79. The van der Waals surface area contributed by atoms with Crippen LogP contribution in [0.15, 0.2) is 47.4 Å². The maximum atomic E-state index is 13.1. The molecule has 0 saturated carbocycles. The van der Waals surface area contributed by atoms with E-state index in [9.17, 15) is 17.6 Å². The van der Waals surface area contributed by atoms with E-state index in [0.717, 1.165) is 43.8 Å². The van der Waals surface area contributed by atoms with Crippen LogP contribution in [0.1, 0.15) is 40.4 Å². The number of aromatic nitrogens is 3. The van der Waals surface area contributed by atoms with Crippen molar-refractivity contribution in [3.8, 4) is 0 Å². The quantitative estimate of drug-likeness (QED) is 0.609. The number of carbonyl (C=O) groups excluding carboxylic acids is 1. The Morgan fingerprint density at radius 2 is 1.90 bits per heavy atom. The lowest BCUT2D eigenvalue weighted by atomic mass is 10.1. The van der Waals surface area contributed by atoms with Gasteiger partial charge in [-0.3, -0.25) is 9.52 Å². The van der Waals surface area contributed by atoms with Gasteiger partial charge in [-0.25, -0.2) is 12.8 Å². The van der Waals surface area contributed by atoms with E-state index in [0.29, 0.717) is 11.4 Å². The average molecular weight is 444 g/mol. The van der Waals surface area contributed by atoms with Gasteiger partial charge in [0.25, 0.3) is 15.9 Å². The molecule has 3 aromatic rings. The van der Waals surface area contributed by atoms with E-state index < -0.39 is 21.7 Å². The molecule has 10 heteroatoms. The van der Waals surface area contributed by atoms with Crippen LogP contribution in [0, 0.1) is 12.7 Å². The minimum absolute atomic E-state index is 0.0238. The molecule has 4 rings (SSSR count). The molecule has 0 aliphatic carbocycles. The summed E-state index contributed by atoms with van der Waals surface area (Å²) in [4.78, 5) is 12.6. The molecule has 1 aliphatic rings. The monoisotopic (exact) mass is 443 g/mol. The van der Waals surface area contributed by atoms with Gasteiger partial charge in [-0.15, -0.1) is 10.2 Å². The van der Waals surface area contributed by atoms with Gasteiger partial charge >= 0.3 is 0 Å². The third-order valence-corrected chi connectivity index (χ3v) is 6.70. The Bertz CT molecular complexity index is 1220. The summed E-state index contributed by atoms with van der Waals surface area (Å²) in [5.41, 5.74) is 0.924. The predicted molar refractivity (Wildman–Crippen MR) is 113 cm³/mol. The molecule has 0 unspecified atom stereocenters. The third-order valence-electron chi connectivity index (χ3n) is 5.18. The van der Waals surface area contributed by atoms with Crippen molar-refractivity contribution in [1.29, 1.82) is 0 Å². The molecule has 1 aliphatic heterocycles. The van der Waals surface area contributed by atoms with E-state index in [-0.39, 0.29) is 22.7 Å². The normalized spacial score (nSPS) is 13.5. The number of benzene rings is 2. The van der Waals surface area contributed by atoms with Crippen LogP contribution in [0.4, 0.5) is 10.1 Å². The largest absolute Gasteiger partial charge is 0.345 e. The van der Waals surface area contributed by atoms with Gasteiger partial charge in [0.1, 0.15) is 11.6 Å². The number of rotatable bonds is 6. The first kappa shape index (κ1) is 21.0. The third kappa shape index (κ3) is 4.58. The van der Waals surface area contributed by atoms with Crippen LogP contribution in [0.2, 0.25) is 0 Å². The fourth-order valence-corrected chi connectivity index (χ4v) is 4.85. The zero-order chi connectivity index (χ0) is 22.0. The van der Waals surface area contributed by atoms with Crippen molar-refractivity contribution in [2.45, 2.75) is 44.2 Å². The van der Waals surface area contributed by atoms with Crippen molar-refractivity contribution in [3.05, 3.63) is 71.1 Å². The molecule has 0 bridgehead atoms. The van der Waals surface area contributed by atoms with Crippen molar-refractivity contribution >= 4 is 21.6 Å². The maximum Gasteiger partial charge on any atom is 0.262 e. The maximum absolute atomic E-state index is 13.1. The molecule has 1 amide bonds. The van der Waals surface area contributed by atoms with E-state index in [2.05, 4.69) is 20.2 Å². The van der Waals surface area contributed by atoms with Crippen molar-refractivity contribution in [1.82, 2.24) is 20.1 Å². The van der Waals surface area contributed by atoms with Gasteiger partial charge in [-0.2, -0.15) is 0 Å². The highest BCUT2D eigenvalue weighted by Crippen LogP contribution is 2.21. The van der Waals surface area contributed by atoms with Crippen LogP contribution in [-0.4, -0.2) is 29.1 Å². The van der Waals surface area contributed by atoms with Crippen LogP contribution in [-0.2, 0) is 29.5 Å². The summed E-state index contributed by atoms with van der Waals surface area (Å²) in [7, 11) is -3.96. The van der Waals surface area contributed by atoms with E-state index >= 15 is 0 Å². The summed E-state index contributed by atoms with van der Waals surface area (Å²) in [5, 5.41) is 11.1. The van der Waals surface area contributed by atoms with Crippen LogP contribution >= 0.6 is 0 Å². The van der Waals surface area contributed by atoms with Crippen molar-refractivity contribution in [2.24, 2.45) is 0 Å². The fourth-order valence-electron chi connectivity index (χ4n) is 3.52. The summed E-state index contributed by atoms with van der Waals surface area (Å²) in [6.07, 6.45) is 3.00. The number of nitrogens with zero attached hydrogens (tertiary/aromatic N) is 3. The molecule has 0 atom stereocenters. The Morgan fingerprint density at radius 3 is 2.68 bits per heavy atom. The van der Waals surface area contributed by atoms with Crippen LogP contribution in [0.3, 0.4) is 0 Å². The van der Waals surface area contributed by atoms with Crippen LogP contribution < -0.4 is 10.0 Å². The topological polar surface area (TPSA) is 106 Å². The minimum Gasteiger partial charge on any atom is -0.345 e. The van der Waals surface area contributed by atoms with Gasteiger partial charge in [-0.05, 0) is 61.7 Å². The van der Waals surface area contributed by atoms with Crippen LogP contribution in [0.25, 0.3) is 0 Å². The lowest BCUT2D eigenvalue weighted by Gasteiger charge is -2.15. The average Bonchev–Trinajstić information content (AvgIpc) is 3.17. The summed E-state index contributed by atoms with van der Waals surface area (Å²) >= 11 is 0. The van der Waals surface area contributed by atoms with E-state index in [1.54, 1.807) is 19.1 Å². The highest BCUT2D eigenvalue weighted by atomic mass is 32.2. The van der Waals surface area contributed by atoms with E-state index in [1.165, 1.54) is 18.2 Å². The second-order valence-electron chi connectivity index (χ2n) is 7.42. The number of sulfonamides is 1. The molecule has 162 valence electrons. The molecule has 2 heterocycles. The number of hydrogen-bond acceptors (Lipinski definition) is 5. The first-order chi connectivity index (χ1) is 14.8. The van der Waals surface area contributed by atoms with Gasteiger partial charge in [0.2, 0.25) is 0 Å². The summed E-state index contributed by atoms with van der Waals surface area (Å²) in [6.45, 7) is 2.68. The molecule has 0 radical (unpaired) electrons. The summed E-state index contributed by atoms with van der Waals surface area (Å²) in [5.74, 6) is 0.727. The van der Waals surface area contributed by atoms with Gasteiger partial charge in [0.15, 0.2) is 5.82 Å². The van der Waals surface area contributed by atoms with E-state index in [4.69, 9.17) is 0 Å². The Labute approximate surface area is 179 Å². The van der Waals surface area contributed by atoms with Crippen molar-refractivity contribution in [2.75, 3.05) is 4.72 Å². The molecule has 0 saturated heterocycles. The van der Waals surface area contributed by atoms with Crippen molar-refractivity contribution in [3.63, 3.8) is 0 Å². The highest BCUT2D eigenvalue weighted by molar-refractivity contribution is 7.92. The first-order valence-corrected chi connectivity index (χ1v) is 11.4. The first-order valence-electron chi connectivity index (χ1n) is 9.92. The Balaban J connectivity index is 1.50. The van der Waals surface area contributed by atoms with Gasteiger partial charge < -0.3 is 9.88 Å². The standard InChI is InChI=1S/C21H22FN5O3S/c1-14-5-6-15(12-18(14)31(29,30)26-17-9-7-16(22)8-10-17)21(28)23-13-20-25-24-19-4-2-3-11-27(19)20/h5-10,12,26H,2-4,11,13H2,1H3,(H,23,28). The Morgan fingerprint density at radius 1 is 1.13 bits per heavy atom. The Kier molecular flexibility index (Phi) is 5.73. The van der Waals surface area contributed by atoms with Crippen molar-refractivity contribution < 1.29 is 17.6 Å². The number of hydrogen-bond donors (Lipinski definition) is 2. The summed E-state index contributed by atoms with van der Waals surface area (Å²) in [6, 6.07) is 9.47. The SMILES string of the molecule is Cc1ccc(C(=O)NCc2nnc3n2CCCC3)cc1S(=O)(=O)Nc1ccc(F)cc1. The number of fused-ring (bicyclic) bond motifs is 1. The lowest BCUT2D eigenvalue weighted by molar-refractivity contribution is 0.0949. The number of amides is 1. The van der Waals surface area contributed by atoms with E-state index in [1.807, 2.05) is 4.57 Å².